The molecular formula is C25H42N4O2. The van der Waals surface area contributed by atoms with Crippen molar-refractivity contribution >= 4 is 5.96 Å². The van der Waals surface area contributed by atoms with Gasteiger partial charge in [-0.1, -0.05) is 37.1 Å². The fraction of sp³-hybridized carbons (Fsp3) is 0.720. The van der Waals surface area contributed by atoms with Gasteiger partial charge in [-0.3, -0.25) is 4.90 Å². The number of nitrogens with one attached hydrogen (secondary N) is 2. The molecule has 0 unspecified atom stereocenters. The minimum atomic E-state index is 0.347. The molecule has 3 rings (SSSR count). The molecule has 31 heavy (non-hydrogen) atoms. The Balaban J connectivity index is 1.60. The molecule has 6 nitrogen and oxygen atoms in total. The number of nitrogens with zero attached hydrogens (tertiary/aromatic N) is 2. The van der Waals surface area contributed by atoms with Gasteiger partial charge in [-0.2, -0.15) is 0 Å². The quantitative estimate of drug-likeness (QED) is 0.319. The molecule has 2 aliphatic rings. The summed E-state index contributed by atoms with van der Waals surface area (Å²) in [5.41, 5.74) is 3.02. The van der Waals surface area contributed by atoms with Crippen molar-refractivity contribution in [2.45, 2.75) is 59.0 Å². The Kier molecular flexibility index (Phi) is 10.1. The Bertz CT molecular complexity index is 667. The van der Waals surface area contributed by atoms with Crippen molar-refractivity contribution in [2.75, 3.05) is 52.6 Å². The lowest BCUT2D eigenvalue weighted by Gasteiger charge is -2.30. The van der Waals surface area contributed by atoms with Gasteiger partial charge in [0.25, 0.3) is 0 Å². The standard InChI is InChI=1S/C25H42N4O2/c1-3-26-24(28-21-25(11-7-8-12-25)13-16-30-4-2)27-19-22-9-5-6-10-23(22)20-29-14-17-31-18-15-29/h5-6,9-10H,3-4,7-8,11-21H2,1-2H3,(H2,26,27,28). The lowest BCUT2D eigenvalue weighted by Crippen LogP contribution is -2.43. The molecular weight excluding hydrogens is 388 g/mol. The summed E-state index contributed by atoms with van der Waals surface area (Å²) in [5.74, 6) is 0.923. The first kappa shape index (κ1) is 24.0. The van der Waals surface area contributed by atoms with E-state index in [0.29, 0.717) is 12.0 Å². The normalized spacial score (nSPS) is 19.5. The van der Waals surface area contributed by atoms with E-state index in [1.807, 2.05) is 0 Å². The zero-order chi connectivity index (χ0) is 21.8. The third-order valence-corrected chi connectivity index (χ3v) is 6.64. The van der Waals surface area contributed by atoms with Crippen LogP contribution in [0.2, 0.25) is 0 Å². The van der Waals surface area contributed by atoms with Gasteiger partial charge in [-0.15, -0.1) is 0 Å². The lowest BCUT2D eigenvalue weighted by molar-refractivity contribution is 0.0341. The highest BCUT2D eigenvalue weighted by Gasteiger charge is 2.33. The largest absolute Gasteiger partial charge is 0.382 e. The Morgan fingerprint density at radius 3 is 2.55 bits per heavy atom. The SMILES string of the molecule is CCNC(=NCc1ccccc1CN1CCOCC1)NCC1(CCOCC)CCCC1. The van der Waals surface area contributed by atoms with Crippen molar-refractivity contribution in [1.82, 2.24) is 15.5 Å². The van der Waals surface area contributed by atoms with Gasteiger partial charge in [-0.25, -0.2) is 4.99 Å². The van der Waals surface area contributed by atoms with Crippen molar-refractivity contribution in [3.05, 3.63) is 35.4 Å². The van der Waals surface area contributed by atoms with Crippen LogP contribution in [0, 0.1) is 5.41 Å². The van der Waals surface area contributed by atoms with Gasteiger partial charge in [0.1, 0.15) is 0 Å². The van der Waals surface area contributed by atoms with Gasteiger partial charge in [-0.05, 0) is 49.7 Å². The number of hydrogen-bond acceptors (Lipinski definition) is 4. The van der Waals surface area contributed by atoms with E-state index >= 15 is 0 Å². The second kappa shape index (κ2) is 13.0. The summed E-state index contributed by atoms with van der Waals surface area (Å²) in [5, 5.41) is 7.10. The predicted molar refractivity (Wildman–Crippen MR) is 127 cm³/mol. The average molecular weight is 431 g/mol. The average Bonchev–Trinajstić information content (AvgIpc) is 3.26. The second-order valence-corrected chi connectivity index (χ2v) is 8.86. The highest BCUT2D eigenvalue weighted by atomic mass is 16.5. The molecule has 1 saturated heterocycles. The minimum absolute atomic E-state index is 0.347. The van der Waals surface area contributed by atoms with E-state index in [4.69, 9.17) is 14.5 Å². The summed E-state index contributed by atoms with van der Waals surface area (Å²) in [7, 11) is 0. The number of rotatable bonds is 11. The number of hydrogen-bond donors (Lipinski definition) is 2. The zero-order valence-electron chi connectivity index (χ0n) is 19.6. The Hall–Kier alpha value is -1.63. The summed E-state index contributed by atoms with van der Waals surface area (Å²) in [4.78, 5) is 7.42. The highest BCUT2D eigenvalue weighted by Crippen LogP contribution is 2.40. The molecule has 0 radical (unpaired) electrons. The molecule has 1 heterocycles. The Labute approximate surface area is 188 Å². The maximum atomic E-state index is 5.67. The molecule has 1 aliphatic carbocycles. The maximum absolute atomic E-state index is 5.67. The first-order valence-corrected chi connectivity index (χ1v) is 12.2. The van der Waals surface area contributed by atoms with Crippen molar-refractivity contribution in [3.63, 3.8) is 0 Å². The minimum Gasteiger partial charge on any atom is -0.382 e. The molecule has 1 saturated carbocycles. The molecule has 174 valence electrons. The summed E-state index contributed by atoms with van der Waals surface area (Å²) in [6.45, 7) is 13.1. The van der Waals surface area contributed by atoms with Crippen molar-refractivity contribution in [1.29, 1.82) is 0 Å². The molecule has 2 N–H and O–H groups in total. The van der Waals surface area contributed by atoms with E-state index in [0.717, 1.165) is 71.5 Å². The fourth-order valence-corrected chi connectivity index (χ4v) is 4.72. The predicted octanol–water partition coefficient (Wildman–Crippen LogP) is 3.56. The van der Waals surface area contributed by atoms with Gasteiger partial charge in [0.15, 0.2) is 5.96 Å². The number of ether oxygens (including phenoxy) is 2. The summed E-state index contributed by atoms with van der Waals surface area (Å²) in [6, 6.07) is 8.70. The monoisotopic (exact) mass is 430 g/mol. The van der Waals surface area contributed by atoms with Crippen LogP contribution in [-0.4, -0.2) is 63.5 Å². The van der Waals surface area contributed by atoms with Crippen LogP contribution in [0.4, 0.5) is 0 Å². The highest BCUT2D eigenvalue weighted by molar-refractivity contribution is 5.79. The smallest absolute Gasteiger partial charge is 0.191 e. The van der Waals surface area contributed by atoms with Crippen LogP contribution >= 0.6 is 0 Å². The van der Waals surface area contributed by atoms with Crippen molar-refractivity contribution in [3.8, 4) is 0 Å². The topological polar surface area (TPSA) is 58.1 Å². The van der Waals surface area contributed by atoms with Crippen LogP contribution in [0.3, 0.4) is 0 Å². The van der Waals surface area contributed by atoms with Gasteiger partial charge in [0.2, 0.25) is 0 Å². The number of morpholine rings is 1. The Morgan fingerprint density at radius 1 is 1.10 bits per heavy atom. The van der Waals surface area contributed by atoms with E-state index in [9.17, 15) is 0 Å². The van der Waals surface area contributed by atoms with E-state index in [-0.39, 0.29) is 0 Å². The van der Waals surface area contributed by atoms with Gasteiger partial charge in [0.05, 0.1) is 19.8 Å². The zero-order valence-corrected chi connectivity index (χ0v) is 19.6. The summed E-state index contributed by atoms with van der Waals surface area (Å²) in [6.07, 6.45) is 6.37. The molecule has 0 bridgehead atoms. The molecule has 0 aromatic heterocycles. The first-order valence-electron chi connectivity index (χ1n) is 12.2. The second-order valence-electron chi connectivity index (χ2n) is 8.86. The third kappa shape index (κ3) is 7.78. The summed E-state index contributed by atoms with van der Waals surface area (Å²) < 4.78 is 11.2. The van der Waals surface area contributed by atoms with Crippen molar-refractivity contribution in [2.24, 2.45) is 10.4 Å². The molecule has 0 spiro atoms. The van der Waals surface area contributed by atoms with Crippen LogP contribution in [-0.2, 0) is 22.6 Å². The van der Waals surface area contributed by atoms with Crippen LogP contribution in [0.15, 0.2) is 29.3 Å². The van der Waals surface area contributed by atoms with Gasteiger partial charge in [0, 0.05) is 45.9 Å². The number of guanidine groups is 1. The van der Waals surface area contributed by atoms with Crippen LogP contribution in [0.5, 0.6) is 0 Å². The van der Waals surface area contributed by atoms with E-state index in [1.165, 1.54) is 36.8 Å². The molecule has 0 atom stereocenters. The molecule has 6 heteroatoms. The van der Waals surface area contributed by atoms with E-state index in [2.05, 4.69) is 53.6 Å². The Morgan fingerprint density at radius 2 is 1.84 bits per heavy atom. The van der Waals surface area contributed by atoms with Crippen LogP contribution in [0.1, 0.15) is 57.1 Å². The van der Waals surface area contributed by atoms with Crippen LogP contribution < -0.4 is 10.6 Å². The van der Waals surface area contributed by atoms with Crippen molar-refractivity contribution < 1.29 is 9.47 Å². The maximum Gasteiger partial charge on any atom is 0.191 e. The van der Waals surface area contributed by atoms with Crippen LogP contribution in [0.25, 0.3) is 0 Å². The molecule has 1 aromatic carbocycles. The molecule has 1 aliphatic heterocycles. The first-order chi connectivity index (χ1) is 15.2. The molecule has 2 fully saturated rings. The number of benzene rings is 1. The molecule has 0 amide bonds. The van der Waals surface area contributed by atoms with Gasteiger partial charge >= 0.3 is 0 Å². The van der Waals surface area contributed by atoms with Gasteiger partial charge < -0.3 is 20.1 Å². The lowest BCUT2D eigenvalue weighted by atomic mass is 9.83. The number of aliphatic imine (C=N–C) groups is 1. The van der Waals surface area contributed by atoms with E-state index < -0.39 is 0 Å². The van der Waals surface area contributed by atoms with E-state index in [1.54, 1.807) is 0 Å². The molecule has 1 aromatic rings. The third-order valence-electron chi connectivity index (χ3n) is 6.64. The summed E-state index contributed by atoms with van der Waals surface area (Å²) >= 11 is 0. The fourth-order valence-electron chi connectivity index (χ4n) is 4.72.